The monoisotopic (exact) mass is 290 g/mol. The van der Waals surface area contributed by atoms with Crippen molar-refractivity contribution in [2.75, 3.05) is 24.8 Å². The summed E-state index contributed by atoms with van der Waals surface area (Å²) in [6.45, 7) is 4.05. The van der Waals surface area contributed by atoms with Crippen molar-refractivity contribution in [2.24, 2.45) is 0 Å². The third-order valence-electron chi connectivity index (χ3n) is 2.94. The second kappa shape index (κ2) is 6.39. The molecule has 1 aromatic carbocycles. The van der Waals surface area contributed by atoms with Crippen LogP contribution in [-0.2, 0) is 0 Å². The molecule has 6 heteroatoms. The zero-order valence-corrected chi connectivity index (χ0v) is 12.6. The molecule has 2 aromatic rings. The zero-order valence-electron chi connectivity index (χ0n) is 12.6. The lowest BCUT2D eigenvalue weighted by Gasteiger charge is -2.13. The van der Waals surface area contributed by atoms with E-state index in [9.17, 15) is 4.39 Å². The highest BCUT2D eigenvalue weighted by Gasteiger charge is 2.10. The molecule has 0 radical (unpaired) electrons. The third-order valence-corrected chi connectivity index (χ3v) is 2.94. The normalized spacial score (nSPS) is 10.6. The van der Waals surface area contributed by atoms with Crippen molar-refractivity contribution in [3.63, 3.8) is 0 Å². The Hall–Kier alpha value is -2.37. The Balaban J connectivity index is 2.37. The van der Waals surface area contributed by atoms with Gasteiger partial charge in [0.15, 0.2) is 0 Å². The van der Waals surface area contributed by atoms with Crippen LogP contribution < -0.4 is 15.4 Å². The number of ether oxygens (including phenoxy) is 1. The van der Waals surface area contributed by atoms with Crippen molar-refractivity contribution in [3.8, 4) is 5.75 Å². The van der Waals surface area contributed by atoms with Gasteiger partial charge < -0.3 is 15.4 Å². The lowest BCUT2D eigenvalue weighted by Crippen LogP contribution is -2.05. The molecule has 0 fully saturated rings. The van der Waals surface area contributed by atoms with E-state index in [0.717, 1.165) is 11.6 Å². The van der Waals surface area contributed by atoms with Crippen LogP contribution in [0.1, 0.15) is 25.6 Å². The van der Waals surface area contributed by atoms with Crippen molar-refractivity contribution in [1.29, 1.82) is 0 Å². The summed E-state index contributed by atoms with van der Waals surface area (Å²) in [7, 11) is 3.30. The van der Waals surface area contributed by atoms with Gasteiger partial charge in [0.05, 0.1) is 12.8 Å². The zero-order chi connectivity index (χ0) is 15.4. The molecular weight excluding hydrogens is 271 g/mol. The molecule has 0 aliphatic heterocycles. The molecule has 0 atom stereocenters. The molecule has 0 aliphatic rings. The molecule has 2 N–H and O–H groups in total. The maximum absolute atomic E-state index is 13.2. The van der Waals surface area contributed by atoms with E-state index in [0.29, 0.717) is 17.3 Å². The highest BCUT2D eigenvalue weighted by molar-refractivity contribution is 5.65. The second-order valence-corrected chi connectivity index (χ2v) is 4.87. The Morgan fingerprint density at radius 1 is 1.14 bits per heavy atom. The molecule has 0 aliphatic carbocycles. The molecule has 21 heavy (non-hydrogen) atoms. The fourth-order valence-corrected chi connectivity index (χ4v) is 1.82. The molecular formula is C15H19FN4O. The minimum Gasteiger partial charge on any atom is -0.494 e. The van der Waals surface area contributed by atoms with Gasteiger partial charge in [-0.1, -0.05) is 13.8 Å². The SMILES string of the molecule is CNc1cc(Nc2ccc(F)cc2OC)nc(C(C)C)n1. The number of hydrogen-bond donors (Lipinski definition) is 2. The molecule has 112 valence electrons. The van der Waals surface area contributed by atoms with Gasteiger partial charge >= 0.3 is 0 Å². The molecule has 0 bridgehead atoms. The van der Waals surface area contributed by atoms with Gasteiger partial charge in [-0.3, -0.25) is 0 Å². The lowest BCUT2D eigenvalue weighted by atomic mass is 10.2. The molecule has 0 saturated carbocycles. The van der Waals surface area contributed by atoms with Crippen LogP contribution in [0.3, 0.4) is 0 Å². The highest BCUT2D eigenvalue weighted by atomic mass is 19.1. The van der Waals surface area contributed by atoms with E-state index in [4.69, 9.17) is 4.74 Å². The summed E-state index contributed by atoms with van der Waals surface area (Å²) in [5.41, 5.74) is 0.648. The van der Waals surface area contributed by atoms with Crippen LogP contribution in [0.2, 0.25) is 0 Å². The first kappa shape index (κ1) is 15.0. The standard InChI is InChI=1S/C15H19FN4O/c1-9(2)15-19-13(17-3)8-14(20-15)18-11-6-5-10(16)7-12(11)21-4/h5-9H,1-4H3,(H2,17,18,19,20). The lowest BCUT2D eigenvalue weighted by molar-refractivity contribution is 0.413. The van der Waals surface area contributed by atoms with Crippen LogP contribution in [-0.4, -0.2) is 24.1 Å². The summed E-state index contributed by atoms with van der Waals surface area (Å²) >= 11 is 0. The van der Waals surface area contributed by atoms with Crippen molar-refractivity contribution in [1.82, 2.24) is 9.97 Å². The second-order valence-electron chi connectivity index (χ2n) is 4.87. The Morgan fingerprint density at radius 2 is 1.86 bits per heavy atom. The molecule has 1 aromatic heterocycles. The summed E-state index contributed by atoms with van der Waals surface area (Å²) in [5, 5.41) is 6.14. The van der Waals surface area contributed by atoms with Gasteiger partial charge in [-0.2, -0.15) is 0 Å². The number of halogens is 1. The van der Waals surface area contributed by atoms with E-state index in [-0.39, 0.29) is 11.7 Å². The van der Waals surface area contributed by atoms with Gasteiger partial charge in [0.2, 0.25) is 0 Å². The van der Waals surface area contributed by atoms with E-state index >= 15 is 0 Å². The molecule has 0 unspecified atom stereocenters. The Kier molecular flexibility index (Phi) is 4.57. The van der Waals surface area contributed by atoms with Crippen LogP contribution in [0.25, 0.3) is 0 Å². The fourth-order valence-electron chi connectivity index (χ4n) is 1.82. The van der Waals surface area contributed by atoms with Gasteiger partial charge in [0.1, 0.15) is 29.0 Å². The van der Waals surface area contributed by atoms with Crippen LogP contribution in [0, 0.1) is 5.82 Å². The first-order chi connectivity index (χ1) is 10.0. The maximum Gasteiger partial charge on any atom is 0.145 e. The van der Waals surface area contributed by atoms with Crippen molar-refractivity contribution >= 4 is 17.3 Å². The topological polar surface area (TPSA) is 59.1 Å². The van der Waals surface area contributed by atoms with Gasteiger partial charge in [0.25, 0.3) is 0 Å². The number of nitrogens with one attached hydrogen (secondary N) is 2. The van der Waals surface area contributed by atoms with E-state index in [1.165, 1.54) is 19.2 Å². The first-order valence-electron chi connectivity index (χ1n) is 6.70. The largest absolute Gasteiger partial charge is 0.494 e. The quantitative estimate of drug-likeness (QED) is 0.882. The number of benzene rings is 1. The minimum atomic E-state index is -0.348. The van der Waals surface area contributed by atoms with Crippen LogP contribution in [0.15, 0.2) is 24.3 Å². The predicted molar refractivity (Wildman–Crippen MR) is 81.9 cm³/mol. The molecule has 1 heterocycles. The average molecular weight is 290 g/mol. The number of nitrogens with zero attached hydrogens (tertiary/aromatic N) is 2. The number of anilines is 3. The molecule has 0 spiro atoms. The predicted octanol–water partition coefficient (Wildman–Crippen LogP) is 3.53. The molecule has 0 saturated heterocycles. The summed E-state index contributed by atoms with van der Waals surface area (Å²) in [6.07, 6.45) is 0. The number of methoxy groups -OCH3 is 1. The average Bonchev–Trinajstić information content (AvgIpc) is 2.48. The van der Waals surface area contributed by atoms with Gasteiger partial charge in [0, 0.05) is 25.1 Å². The summed E-state index contributed by atoms with van der Waals surface area (Å²) in [4.78, 5) is 8.86. The third kappa shape index (κ3) is 3.59. The highest BCUT2D eigenvalue weighted by Crippen LogP contribution is 2.28. The summed E-state index contributed by atoms with van der Waals surface area (Å²) in [5.74, 6) is 2.35. The first-order valence-corrected chi connectivity index (χ1v) is 6.70. The van der Waals surface area contributed by atoms with E-state index in [2.05, 4.69) is 20.6 Å². The summed E-state index contributed by atoms with van der Waals surface area (Å²) < 4.78 is 18.4. The summed E-state index contributed by atoms with van der Waals surface area (Å²) in [6, 6.07) is 6.10. The van der Waals surface area contributed by atoms with Gasteiger partial charge in [-0.05, 0) is 12.1 Å². The van der Waals surface area contributed by atoms with Gasteiger partial charge in [-0.15, -0.1) is 0 Å². The molecule has 2 rings (SSSR count). The Labute approximate surface area is 123 Å². The van der Waals surface area contributed by atoms with Crippen molar-refractivity contribution in [3.05, 3.63) is 35.9 Å². The minimum absolute atomic E-state index is 0.203. The van der Waals surface area contributed by atoms with Crippen LogP contribution in [0.5, 0.6) is 5.75 Å². The molecule has 5 nitrogen and oxygen atoms in total. The maximum atomic E-state index is 13.2. The fraction of sp³-hybridized carbons (Fsp3) is 0.333. The van der Waals surface area contributed by atoms with Crippen LogP contribution in [0.4, 0.5) is 21.7 Å². The van der Waals surface area contributed by atoms with Crippen LogP contribution >= 0.6 is 0 Å². The Morgan fingerprint density at radius 3 is 2.48 bits per heavy atom. The number of rotatable bonds is 5. The smallest absolute Gasteiger partial charge is 0.145 e. The number of aromatic nitrogens is 2. The molecule has 0 amide bonds. The van der Waals surface area contributed by atoms with E-state index in [1.54, 1.807) is 19.2 Å². The Bertz CT molecular complexity index is 631. The van der Waals surface area contributed by atoms with E-state index in [1.807, 2.05) is 13.8 Å². The number of hydrogen-bond acceptors (Lipinski definition) is 5. The van der Waals surface area contributed by atoms with Crippen molar-refractivity contribution in [2.45, 2.75) is 19.8 Å². The van der Waals surface area contributed by atoms with Gasteiger partial charge in [-0.25, -0.2) is 14.4 Å². The van der Waals surface area contributed by atoms with E-state index < -0.39 is 0 Å². The van der Waals surface area contributed by atoms with Crippen molar-refractivity contribution < 1.29 is 9.13 Å².